The predicted octanol–water partition coefficient (Wildman–Crippen LogP) is 0.984. The normalized spacial score (nSPS) is 20.2. The second-order valence-corrected chi connectivity index (χ2v) is 3.56. The molecule has 2 nitrogen and oxygen atoms in total. The molecule has 0 aliphatic heterocycles. The summed E-state index contributed by atoms with van der Waals surface area (Å²) >= 11 is 0. The highest BCUT2D eigenvalue weighted by Gasteiger charge is 2.20. The van der Waals surface area contributed by atoms with E-state index >= 15 is 0 Å². The van der Waals surface area contributed by atoms with Crippen molar-refractivity contribution in [1.29, 1.82) is 0 Å². The average molecular weight is 156 g/mol. The molecule has 2 N–H and O–H groups in total. The lowest BCUT2D eigenvalue weighted by Gasteiger charge is -2.12. The molecule has 1 unspecified atom stereocenters. The van der Waals surface area contributed by atoms with Crippen LogP contribution >= 0.6 is 0 Å². The van der Waals surface area contributed by atoms with Gasteiger partial charge in [0.15, 0.2) is 0 Å². The quantitative estimate of drug-likeness (QED) is 0.599. The van der Waals surface area contributed by atoms with Crippen molar-refractivity contribution in [1.82, 2.24) is 10.6 Å². The maximum Gasteiger partial charge on any atom is 0.0164 e. The van der Waals surface area contributed by atoms with Gasteiger partial charge in [0.1, 0.15) is 0 Å². The lowest BCUT2D eigenvalue weighted by atomic mass is 10.3. The molecule has 1 saturated carbocycles. The first-order chi connectivity index (χ1) is 5.33. The maximum absolute atomic E-state index is 3.47. The Morgan fingerprint density at radius 3 is 2.73 bits per heavy atom. The molecule has 0 radical (unpaired) electrons. The summed E-state index contributed by atoms with van der Waals surface area (Å²) in [6, 6.07) is 0.624. The van der Waals surface area contributed by atoms with Gasteiger partial charge in [0.25, 0.3) is 0 Å². The maximum atomic E-state index is 3.47. The number of hydrogen-bond acceptors (Lipinski definition) is 2. The van der Waals surface area contributed by atoms with Crippen molar-refractivity contribution in [3.8, 4) is 0 Å². The van der Waals surface area contributed by atoms with Gasteiger partial charge in [0, 0.05) is 12.6 Å². The zero-order valence-corrected chi connectivity index (χ0v) is 7.69. The fourth-order valence-electron chi connectivity index (χ4n) is 1.25. The summed E-state index contributed by atoms with van der Waals surface area (Å²) in [5, 5.41) is 6.85. The number of nitrogens with one attached hydrogen (secondary N) is 2. The van der Waals surface area contributed by atoms with Crippen molar-refractivity contribution >= 4 is 0 Å². The average Bonchev–Trinajstić information content (AvgIpc) is 2.72. The Hall–Kier alpha value is -0.0800. The topological polar surface area (TPSA) is 24.1 Å². The highest BCUT2D eigenvalue weighted by Crippen LogP contribution is 2.27. The Bertz CT molecular complexity index is 99.7. The minimum atomic E-state index is 0.624. The monoisotopic (exact) mass is 156 g/mol. The van der Waals surface area contributed by atoms with E-state index in [9.17, 15) is 0 Å². The molecule has 0 aromatic heterocycles. The number of likely N-dealkylation sites (N-methyl/N-ethyl adjacent to an activating group) is 1. The molecule has 66 valence electrons. The van der Waals surface area contributed by atoms with E-state index < -0.39 is 0 Å². The van der Waals surface area contributed by atoms with Gasteiger partial charge >= 0.3 is 0 Å². The van der Waals surface area contributed by atoms with Crippen LogP contribution < -0.4 is 10.6 Å². The Morgan fingerprint density at radius 2 is 2.18 bits per heavy atom. The molecule has 1 atom stereocenters. The Kier molecular flexibility index (Phi) is 3.87. The van der Waals surface area contributed by atoms with E-state index in [1.807, 2.05) is 0 Å². The summed E-state index contributed by atoms with van der Waals surface area (Å²) in [4.78, 5) is 0. The van der Waals surface area contributed by atoms with Crippen LogP contribution in [0.3, 0.4) is 0 Å². The Morgan fingerprint density at radius 1 is 1.45 bits per heavy atom. The van der Waals surface area contributed by atoms with Crippen molar-refractivity contribution in [2.24, 2.45) is 5.92 Å². The summed E-state index contributed by atoms with van der Waals surface area (Å²) in [7, 11) is 0. The van der Waals surface area contributed by atoms with Gasteiger partial charge in [-0.25, -0.2) is 0 Å². The number of rotatable bonds is 6. The third kappa shape index (κ3) is 4.38. The highest BCUT2D eigenvalue weighted by molar-refractivity contribution is 4.76. The predicted molar refractivity (Wildman–Crippen MR) is 48.7 cm³/mol. The van der Waals surface area contributed by atoms with Gasteiger partial charge in [-0.2, -0.15) is 0 Å². The lowest BCUT2D eigenvalue weighted by molar-refractivity contribution is 0.506. The summed E-state index contributed by atoms with van der Waals surface area (Å²) < 4.78 is 0. The lowest BCUT2D eigenvalue weighted by Crippen LogP contribution is -2.36. The van der Waals surface area contributed by atoms with Crippen molar-refractivity contribution in [3.05, 3.63) is 0 Å². The summed E-state index contributed by atoms with van der Waals surface area (Å²) in [5.74, 6) is 1.00. The molecule has 0 heterocycles. The second-order valence-electron chi connectivity index (χ2n) is 3.56. The first-order valence-electron chi connectivity index (χ1n) is 4.77. The molecular formula is C9H20N2. The minimum Gasteiger partial charge on any atom is -0.315 e. The highest BCUT2D eigenvalue weighted by atomic mass is 15.0. The van der Waals surface area contributed by atoms with Gasteiger partial charge in [0.2, 0.25) is 0 Å². The zero-order chi connectivity index (χ0) is 8.10. The van der Waals surface area contributed by atoms with Crippen molar-refractivity contribution in [2.75, 3.05) is 19.6 Å². The molecule has 0 bridgehead atoms. The first-order valence-corrected chi connectivity index (χ1v) is 4.77. The van der Waals surface area contributed by atoms with Gasteiger partial charge in [-0.3, -0.25) is 0 Å². The molecule has 11 heavy (non-hydrogen) atoms. The Labute approximate surface area is 69.8 Å². The van der Waals surface area contributed by atoms with Gasteiger partial charge in [-0.1, -0.05) is 6.92 Å². The third-order valence-corrected chi connectivity index (χ3v) is 2.13. The fraction of sp³-hybridized carbons (Fsp3) is 1.00. The largest absolute Gasteiger partial charge is 0.315 e. The van der Waals surface area contributed by atoms with Crippen LogP contribution in [0.1, 0.15) is 26.7 Å². The molecule has 0 amide bonds. The van der Waals surface area contributed by atoms with Crippen molar-refractivity contribution in [2.45, 2.75) is 32.7 Å². The van der Waals surface area contributed by atoms with Gasteiger partial charge in [-0.05, 0) is 38.8 Å². The summed E-state index contributed by atoms with van der Waals surface area (Å²) in [6.45, 7) is 7.80. The molecule has 0 aromatic rings. The van der Waals surface area contributed by atoms with Crippen LogP contribution in [0.4, 0.5) is 0 Å². The molecule has 0 aromatic carbocycles. The molecule has 0 spiro atoms. The van der Waals surface area contributed by atoms with Crippen molar-refractivity contribution < 1.29 is 0 Å². The number of hydrogen-bond donors (Lipinski definition) is 2. The molecule has 1 aliphatic rings. The van der Waals surface area contributed by atoms with Crippen LogP contribution in [0.15, 0.2) is 0 Å². The third-order valence-electron chi connectivity index (χ3n) is 2.13. The van der Waals surface area contributed by atoms with Crippen LogP contribution in [0, 0.1) is 5.92 Å². The van der Waals surface area contributed by atoms with E-state index in [-0.39, 0.29) is 0 Å². The fourth-order valence-corrected chi connectivity index (χ4v) is 1.25. The van der Waals surface area contributed by atoms with Gasteiger partial charge < -0.3 is 10.6 Å². The summed E-state index contributed by atoms with van der Waals surface area (Å²) in [6.07, 6.45) is 2.89. The molecule has 2 heteroatoms. The van der Waals surface area contributed by atoms with Gasteiger partial charge in [-0.15, -0.1) is 0 Å². The van der Waals surface area contributed by atoms with E-state index in [2.05, 4.69) is 24.5 Å². The van der Waals surface area contributed by atoms with E-state index in [0.29, 0.717) is 6.04 Å². The van der Waals surface area contributed by atoms with Crippen LogP contribution in [-0.4, -0.2) is 25.7 Å². The van der Waals surface area contributed by atoms with Crippen LogP contribution in [0.25, 0.3) is 0 Å². The van der Waals surface area contributed by atoms with Crippen LogP contribution in [0.2, 0.25) is 0 Å². The van der Waals surface area contributed by atoms with E-state index in [4.69, 9.17) is 0 Å². The first kappa shape index (κ1) is 9.01. The van der Waals surface area contributed by atoms with Crippen LogP contribution in [0.5, 0.6) is 0 Å². The van der Waals surface area contributed by atoms with Gasteiger partial charge in [0.05, 0.1) is 0 Å². The smallest absolute Gasteiger partial charge is 0.0164 e. The molecule has 1 fully saturated rings. The summed E-state index contributed by atoms with van der Waals surface area (Å²) in [5.41, 5.74) is 0. The molecule has 1 rings (SSSR count). The zero-order valence-electron chi connectivity index (χ0n) is 7.69. The molecule has 1 aliphatic carbocycles. The van der Waals surface area contributed by atoms with Crippen molar-refractivity contribution in [3.63, 3.8) is 0 Å². The minimum absolute atomic E-state index is 0.624. The van der Waals surface area contributed by atoms with E-state index in [1.54, 1.807) is 0 Å². The Balaban J connectivity index is 1.84. The van der Waals surface area contributed by atoms with Crippen LogP contribution in [-0.2, 0) is 0 Å². The molecular weight excluding hydrogens is 136 g/mol. The van der Waals surface area contributed by atoms with E-state index in [0.717, 1.165) is 19.0 Å². The SMILES string of the molecule is CCNC(C)CNCC1CC1. The molecule has 0 saturated heterocycles. The second kappa shape index (κ2) is 4.73. The van der Waals surface area contributed by atoms with E-state index in [1.165, 1.54) is 19.4 Å². The standard InChI is InChI=1S/C9H20N2/c1-3-11-8(2)6-10-7-9-4-5-9/h8-11H,3-7H2,1-2H3.